The van der Waals surface area contributed by atoms with Gasteiger partial charge in [0.05, 0.1) is 0 Å². The molecule has 2 aliphatic heterocycles. The first kappa shape index (κ1) is 12.5. The van der Waals surface area contributed by atoms with Gasteiger partial charge in [-0.2, -0.15) is 0 Å². The van der Waals surface area contributed by atoms with E-state index in [1.165, 1.54) is 18.9 Å². The molecule has 98 valence electrons. The van der Waals surface area contributed by atoms with Crippen LogP contribution >= 0.6 is 15.9 Å². The fourth-order valence-corrected chi connectivity index (χ4v) is 4.20. The molecule has 2 atom stereocenters. The van der Waals surface area contributed by atoms with E-state index in [1.807, 2.05) is 0 Å². The van der Waals surface area contributed by atoms with Crippen molar-refractivity contribution >= 4 is 15.9 Å². The lowest BCUT2D eigenvalue weighted by Crippen LogP contribution is -2.42. The second-order valence-electron chi connectivity index (χ2n) is 5.34. The highest BCUT2D eigenvalue weighted by Gasteiger charge is 2.39. The zero-order valence-corrected chi connectivity index (χ0v) is 11.7. The van der Waals surface area contributed by atoms with E-state index in [1.54, 1.807) is 12.1 Å². The van der Waals surface area contributed by atoms with E-state index >= 15 is 0 Å². The molecule has 0 aliphatic carbocycles. The minimum absolute atomic E-state index is 0.486. The third-order valence-corrected chi connectivity index (χ3v) is 4.96. The Morgan fingerprint density at radius 2 is 1.83 bits per heavy atom. The summed E-state index contributed by atoms with van der Waals surface area (Å²) in [6, 6.07) is 5.51. The van der Waals surface area contributed by atoms with Gasteiger partial charge in [0.25, 0.3) is 0 Å². The van der Waals surface area contributed by atoms with E-state index in [9.17, 15) is 8.78 Å². The number of halogens is 3. The van der Waals surface area contributed by atoms with Crippen molar-refractivity contribution in [3.63, 3.8) is 0 Å². The van der Waals surface area contributed by atoms with Gasteiger partial charge in [0.1, 0.15) is 0 Å². The lowest BCUT2D eigenvalue weighted by molar-refractivity contribution is 0.135. The van der Waals surface area contributed by atoms with Gasteiger partial charge in [-0.05, 0) is 31.7 Å². The van der Waals surface area contributed by atoms with Gasteiger partial charge < -0.3 is 0 Å². The molecule has 1 nitrogen and oxygen atoms in total. The molecule has 2 bridgehead atoms. The van der Waals surface area contributed by atoms with Crippen molar-refractivity contribution in [1.29, 1.82) is 0 Å². The van der Waals surface area contributed by atoms with Gasteiger partial charge in [-0.1, -0.05) is 28.1 Å². The summed E-state index contributed by atoms with van der Waals surface area (Å²) in [6.45, 7) is 0.540. The second-order valence-corrected chi connectivity index (χ2v) is 6.63. The van der Waals surface area contributed by atoms with Gasteiger partial charge >= 0.3 is 0 Å². The quantitative estimate of drug-likeness (QED) is 0.749. The first-order chi connectivity index (χ1) is 8.65. The van der Waals surface area contributed by atoms with Gasteiger partial charge in [0.2, 0.25) is 0 Å². The molecule has 18 heavy (non-hydrogen) atoms. The van der Waals surface area contributed by atoms with Crippen LogP contribution in [0.4, 0.5) is 8.78 Å². The summed E-state index contributed by atoms with van der Waals surface area (Å²) in [4.78, 5) is 2.94. The average Bonchev–Trinajstić information content (AvgIpc) is 2.58. The normalized spacial score (nSPS) is 31.8. The molecule has 2 aliphatic rings. The molecule has 3 rings (SSSR count). The van der Waals surface area contributed by atoms with Crippen LogP contribution in [0.5, 0.6) is 0 Å². The number of rotatable bonds is 2. The summed E-state index contributed by atoms with van der Waals surface area (Å²) in [7, 11) is 0. The van der Waals surface area contributed by atoms with Crippen LogP contribution in [0.3, 0.4) is 0 Å². The molecule has 0 radical (unpaired) electrons. The minimum Gasteiger partial charge on any atom is -0.293 e. The molecule has 0 spiro atoms. The van der Waals surface area contributed by atoms with E-state index in [-0.39, 0.29) is 0 Å². The molecule has 2 heterocycles. The molecule has 0 aromatic heterocycles. The van der Waals surface area contributed by atoms with Gasteiger partial charge in [0.15, 0.2) is 11.6 Å². The van der Waals surface area contributed by atoms with Crippen LogP contribution in [0.1, 0.15) is 31.2 Å². The van der Waals surface area contributed by atoms with Crippen molar-refractivity contribution in [2.45, 2.75) is 49.1 Å². The molecule has 0 N–H and O–H groups in total. The Balaban J connectivity index is 1.79. The highest BCUT2D eigenvalue weighted by molar-refractivity contribution is 9.09. The fourth-order valence-electron chi connectivity index (χ4n) is 3.33. The fraction of sp³-hybridized carbons (Fsp3) is 0.571. The first-order valence-corrected chi connectivity index (χ1v) is 7.39. The maximum absolute atomic E-state index is 13.7. The molecule has 2 saturated heterocycles. The first-order valence-electron chi connectivity index (χ1n) is 6.48. The number of alkyl halides is 1. The van der Waals surface area contributed by atoms with Crippen molar-refractivity contribution in [2.24, 2.45) is 0 Å². The maximum Gasteiger partial charge on any atom is 0.163 e. The van der Waals surface area contributed by atoms with Crippen LogP contribution in [0, 0.1) is 11.6 Å². The number of hydrogen-bond donors (Lipinski definition) is 0. The second kappa shape index (κ2) is 4.89. The molecule has 0 amide bonds. The van der Waals surface area contributed by atoms with Crippen LogP contribution in [0.15, 0.2) is 18.2 Å². The Bertz CT molecular complexity index is 437. The van der Waals surface area contributed by atoms with E-state index in [0.29, 0.717) is 29.0 Å². The molecular weight excluding hydrogens is 300 g/mol. The third-order valence-electron chi connectivity index (χ3n) is 4.21. The number of nitrogens with zero attached hydrogens (tertiary/aromatic N) is 1. The topological polar surface area (TPSA) is 3.24 Å². The summed E-state index contributed by atoms with van der Waals surface area (Å²) in [5.74, 6) is -1.42. The Morgan fingerprint density at radius 3 is 2.50 bits per heavy atom. The van der Waals surface area contributed by atoms with Gasteiger partial charge in [0, 0.05) is 29.0 Å². The Hall–Kier alpha value is -0.480. The molecule has 1 aromatic rings. The number of fused-ring (bicyclic) bond motifs is 2. The summed E-state index contributed by atoms with van der Waals surface area (Å²) < 4.78 is 26.9. The monoisotopic (exact) mass is 315 g/mol. The summed E-state index contributed by atoms with van der Waals surface area (Å²) in [6.07, 6.45) is 4.61. The van der Waals surface area contributed by atoms with Crippen LogP contribution < -0.4 is 0 Å². The maximum atomic E-state index is 13.7. The molecule has 2 fully saturated rings. The molecule has 2 unspecified atom stereocenters. The van der Waals surface area contributed by atoms with E-state index in [4.69, 9.17) is 0 Å². The van der Waals surface area contributed by atoms with Crippen molar-refractivity contribution in [3.05, 3.63) is 35.4 Å². The predicted molar refractivity (Wildman–Crippen MR) is 70.7 cm³/mol. The van der Waals surface area contributed by atoms with Crippen LogP contribution in [-0.2, 0) is 6.54 Å². The smallest absolute Gasteiger partial charge is 0.163 e. The van der Waals surface area contributed by atoms with E-state index < -0.39 is 11.6 Å². The van der Waals surface area contributed by atoms with Gasteiger partial charge in [-0.3, -0.25) is 4.90 Å². The zero-order chi connectivity index (χ0) is 12.7. The highest BCUT2D eigenvalue weighted by Crippen LogP contribution is 2.39. The average molecular weight is 316 g/mol. The number of benzene rings is 1. The SMILES string of the molecule is Fc1cccc(CN2C3CCC2CC(Br)C3)c1F. The van der Waals surface area contributed by atoms with Crippen LogP contribution in [0.25, 0.3) is 0 Å². The summed E-state index contributed by atoms with van der Waals surface area (Å²) in [5.41, 5.74) is 0.486. The zero-order valence-electron chi connectivity index (χ0n) is 10.1. The largest absolute Gasteiger partial charge is 0.293 e. The predicted octanol–water partition coefficient (Wildman–Crippen LogP) is 3.86. The lowest BCUT2D eigenvalue weighted by Gasteiger charge is -2.37. The standard InChI is InChI=1S/C14H16BrF2N/c15-10-6-11-4-5-12(7-10)18(11)8-9-2-1-3-13(16)14(9)17/h1-3,10-12H,4-8H2. The Morgan fingerprint density at radius 1 is 1.17 bits per heavy atom. The number of hydrogen-bond acceptors (Lipinski definition) is 1. The van der Waals surface area contributed by atoms with Gasteiger partial charge in [-0.15, -0.1) is 0 Å². The Labute approximate surface area is 114 Å². The third kappa shape index (κ3) is 2.21. The van der Waals surface area contributed by atoms with Crippen LogP contribution in [0.2, 0.25) is 0 Å². The van der Waals surface area contributed by atoms with Crippen molar-refractivity contribution in [2.75, 3.05) is 0 Å². The number of piperidine rings is 1. The highest BCUT2D eigenvalue weighted by atomic mass is 79.9. The van der Waals surface area contributed by atoms with Crippen LogP contribution in [-0.4, -0.2) is 21.8 Å². The van der Waals surface area contributed by atoms with E-state index in [0.717, 1.165) is 12.8 Å². The summed E-state index contributed by atoms with van der Waals surface area (Å²) in [5, 5.41) is 0. The minimum atomic E-state index is -0.741. The van der Waals surface area contributed by atoms with Gasteiger partial charge in [-0.25, -0.2) is 8.78 Å². The van der Waals surface area contributed by atoms with E-state index in [2.05, 4.69) is 20.8 Å². The van der Waals surface area contributed by atoms with Crippen molar-refractivity contribution in [1.82, 2.24) is 4.90 Å². The lowest BCUT2D eigenvalue weighted by atomic mass is 10.0. The molecule has 4 heteroatoms. The van der Waals surface area contributed by atoms with Crippen molar-refractivity contribution in [3.8, 4) is 0 Å². The molecular formula is C14H16BrF2N. The Kier molecular flexibility index (Phi) is 3.41. The molecule has 0 saturated carbocycles. The summed E-state index contributed by atoms with van der Waals surface area (Å²) >= 11 is 3.69. The molecule has 1 aromatic carbocycles. The van der Waals surface area contributed by atoms with Crippen molar-refractivity contribution < 1.29 is 8.78 Å².